The number of ether oxygens (including phenoxy) is 1. The van der Waals surface area contributed by atoms with Crippen LogP contribution in [-0.2, 0) is 4.74 Å². The molecule has 6 rings (SSSR count). The number of hydrogen-bond donors (Lipinski definition) is 3. The number of piperidine rings is 1. The maximum atomic E-state index is 10.9. The number of aliphatic hydroxyl groups excluding tert-OH is 3. The zero-order chi connectivity index (χ0) is 20.9. The first-order valence-corrected chi connectivity index (χ1v) is 12.1. The van der Waals surface area contributed by atoms with Crippen LogP contribution in [0.15, 0.2) is 5.18 Å². The summed E-state index contributed by atoms with van der Waals surface area (Å²) in [6.07, 6.45) is 9.35. The lowest BCUT2D eigenvalue weighted by molar-refractivity contribution is -0.165. The van der Waals surface area contributed by atoms with Gasteiger partial charge in [-0.05, 0) is 92.9 Å². The van der Waals surface area contributed by atoms with E-state index in [-0.39, 0.29) is 13.2 Å². The van der Waals surface area contributed by atoms with Crippen molar-refractivity contribution in [2.75, 3.05) is 32.9 Å². The van der Waals surface area contributed by atoms with Gasteiger partial charge in [0.2, 0.25) is 0 Å². The van der Waals surface area contributed by atoms with Crippen LogP contribution in [0.5, 0.6) is 0 Å². The van der Waals surface area contributed by atoms with Crippen molar-refractivity contribution in [3.05, 3.63) is 4.91 Å². The number of likely N-dealkylation sites (tertiary alicyclic amines) is 1. The lowest BCUT2D eigenvalue weighted by Gasteiger charge is -2.64. The van der Waals surface area contributed by atoms with E-state index in [2.05, 4.69) is 5.18 Å². The van der Waals surface area contributed by atoms with Gasteiger partial charge in [-0.2, -0.15) is 4.91 Å². The van der Waals surface area contributed by atoms with Crippen molar-refractivity contribution in [2.24, 2.45) is 33.8 Å². The summed E-state index contributed by atoms with van der Waals surface area (Å²) >= 11 is 0. The Bertz CT molecular complexity index is 643. The molecular formula is C23H38N2O5. The van der Waals surface area contributed by atoms with Crippen molar-refractivity contribution in [1.82, 2.24) is 4.90 Å². The summed E-state index contributed by atoms with van der Waals surface area (Å²) in [6.45, 7) is 2.48. The van der Waals surface area contributed by atoms with Crippen LogP contribution in [-0.4, -0.2) is 77.4 Å². The van der Waals surface area contributed by atoms with Gasteiger partial charge in [0, 0.05) is 13.2 Å². The van der Waals surface area contributed by atoms with Crippen LogP contribution in [0, 0.1) is 33.5 Å². The Morgan fingerprint density at radius 2 is 1.93 bits per heavy atom. The summed E-state index contributed by atoms with van der Waals surface area (Å²) in [4.78, 5) is 12.8. The van der Waals surface area contributed by atoms with Crippen molar-refractivity contribution in [1.29, 1.82) is 0 Å². The number of rotatable bonds is 10. The van der Waals surface area contributed by atoms with E-state index in [0.717, 1.165) is 55.6 Å². The molecule has 0 aromatic rings. The molecule has 170 valence electrons. The van der Waals surface area contributed by atoms with Crippen molar-refractivity contribution >= 4 is 0 Å². The zero-order valence-corrected chi connectivity index (χ0v) is 18.0. The molecule has 1 spiro atoms. The third-order valence-corrected chi connectivity index (χ3v) is 9.44. The Labute approximate surface area is 179 Å². The summed E-state index contributed by atoms with van der Waals surface area (Å²) in [5, 5.41) is 32.6. The molecule has 1 aliphatic heterocycles. The van der Waals surface area contributed by atoms with Crippen molar-refractivity contribution in [2.45, 2.75) is 82.1 Å². The maximum absolute atomic E-state index is 10.9. The molecule has 7 nitrogen and oxygen atoms in total. The van der Waals surface area contributed by atoms with E-state index in [1.54, 1.807) is 0 Å². The highest BCUT2D eigenvalue weighted by molar-refractivity contribution is 5.18. The van der Waals surface area contributed by atoms with Crippen LogP contribution in [0.25, 0.3) is 0 Å². The summed E-state index contributed by atoms with van der Waals surface area (Å²) < 4.78 is 6.20. The molecule has 6 aliphatic rings. The Morgan fingerprint density at radius 1 is 1.07 bits per heavy atom. The first-order chi connectivity index (χ1) is 14.5. The third-order valence-electron chi connectivity index (χ3n) is 9.44. The van der Waals surface area contributed by atoms with Crippen molar-refractivity contribution in [3.63, 3.8) is 0 Å². The second-order valence-corrected chi connectivity index (χ2v) is 11.3. The van der Waals surface area contributed by atoms with E-state index >= 15 is 0 Å². The monoisotopic (exact) mass is 422 g/mol. The first kappa shape index (κ1) is 21.3. The zero-order valence-electron chi connectivity index (χ0n) is 18.0. The van der Waals surface area contributed by atoms with Gasteiger partial charge in [-0.1, -0.05) is 5.18 Å². The highest BCUT2D eigenvalue weighted by atomic mass is 16.5. The van der Waals surface area contributed by atoms with Crippen molar-refractivity contribution < 1.29 is 20.1 Å². The van der Waals surface area contributed by atoms with E-state index < -0.39 is 24.3 Å². The minimum Gasteiger partial charge on any atom is -0.395 e. The van der Waals surface area contributed by atoms with Crippen LogP contribution in [0.4, 0.5) is 0 Å². The molecule has 4 bridgehead atoms. The SMILES string of the molecule is O=N[C@H]1CN(CCCCCOCC23CC4CC5(C[C@H](CC45)C2)C3)C(CO)[C@@H](O)[C@@H]1O. The highest BCUT2D eigenvalue weighted by Crippen LogP contribution is 2.77. The molecule has 6 fully saturated rings. The number of nitrogens with zero attached hydrogens (tertiary/aromatic N) is 2. The minimum atomic E-state index is -1.20. The fourth-order valence-corrected chi connectivity index (χ4v) is 8.52. The molecule has 5 saturated carbocycles. The van der Waals surface area contributed by atoms with Crippen molar-refractivity contribution in [3.8, 4) is 0 Å². The quantitative estimate of drug-likeness (QED) is 0.367. The lowest BCUT2D eigenvalue weighted by Crippen LogP contribution is -2.62. The smallest absolute Gasteiger partial charge is 0.133 e. The molecule has 0 amide bonds. The van der Waals surface area contributed by atoms with Crippen LogP contribution in [0.1, 0.15) is 57.8 Å². The van der Waals surface area contributed by atoms with Gasteiger partial charge in [0.1, 0.15) is 12.1 Å². The van der Waals surface area contributed by atoms with E-state index in [0.29, 0.717) is 12.0 Å². The van der Waals surface area contributed by atoms with Gasteiger partial charge in [0.05, 0.1) is 25.4 Å². The van der Waals surface area contributed by atoms with Crippen LogP contribution >= 0.6 is 0 Å². The molecule has 5 aliphatic carbocycles. The molecule has 7 heteroatoms. The number of fused-ring (bicyclic) bond motifs is 1. The van der Waals surface area contributed by atoms with Gasteiger partial charge in [0.15, 0.2) is 0 Å². The van der Waals surface area contributed by atoms with E-state index in [1.165, 1.54) is 38.5 Å². The van der Waals surface area contributed by atoms with Gasteiger partial charge >= 0.3 is 0 Å². The molecule has 1 saturated heterocycles. The lowest BCUT2D eigenvalue weighted by atomic mass is 9.41. The predicted molar refractivity (Wildman–Crippen MR) is 112 cm³/mol. The van der Waals surface area contributed by atoms with Crippen LogP contribution < -0.4 is 0 Å². The van der Waals surface area contributed by atoms with Gasteiger partial charge in [0.25, 0.3) is 0 Å². The molecule has 0 aromatic carbocycles. The molecule has 0 aromatic heterocycles. The molecule has 9 atom stereocenters. The molecule has 3 N–H and O–H groups in total. The summed E-state index contributed by atoms with van der Waals surface area (Å²) in [7, 11) is 0. The molecule has 5 unspecified atom stereocenters. The highest BCUT2D eigenvalue weighted by Gasteiger charge is 2.69. The van der Waals surface area contributed by atoms with Gasteiger partial charge in [-0.15, -0.1) is 0 Å². The standard InChI is InChI=1S/C23H38N2O5/c26-12-19-21(28)20(27)18(24-29)11-25(19)4-2-1-3-5-30-14-22-7-15-6-17-16(9-22)10-23(17,8-15)13-22/h15-21,26-28H,1-14H2/t15-,16?,17?,18+,19?,20-,21-,22?,23?/m1/s1. The average molecular weight is 423 g/mol. The molecule has 1 heterocycles. The second-order valence-electron chi connectivity index (χ2n) is 11.3. The number of hydrogen-bond acceptors (Lipinski definition) is 7. The molecular weight excluding hydrogens is 384 g/mol. The predicted octanol–water partition coefficient (Wildman–Crippen LogP) is 1.92. The Morgan fingerprint density at radius 3 is 2.73 bits per heavy atom. The summed E-state index contributed by atoms with van der Waals surface area (Å²) in [5.41, 5.74) is 1.20. The fourth-order valence-electron chi connectivity index (χ4n) is 8.52. The first-order valence-electron chi connectivity index (χ1n) is 12.1. The number of unbranched alkanes of at least 4 members (excludes halogenated alkanes) is 2. The van der Waals surface area contributed by atoms with Crippen LogP contribution in [0.2, 0.25) is 0 Å². The Hall–Kier alpha value is -0.600. The van der Waals surface area contributed by atoms with Crippen LogP contribution in [0.3, 0.4) is 0 Å². The molecule has 30 heavy (non-hydrogen) atoms. The normalized spacial score (nSPS) is 49.2. The number of nitroso groups, excluding NO2 is 1. The Kier molecular flexibility index (Phi) is 5.72. The van der Waals surface area contributed by atoms with Gasteiger partial charge in [-0.3, -0.25) is 4.90 Å². The topological polar surface area (TPSA) is 103 Å². The third kappa shape index (κ3) is 3.45. The fraction of sp³-hybridized carbons (Fsp3) is 1.00. The maximum Gasteiger partial charge on any atom is 0.133 e. The number of aliphatic hydroxyl groups is 3. The van der Waals surface area contributed by atoms with E-state index in [1.807, 2.05) is 4.90 Å². The van der Waals surface area contributed by atoms with E-state index in [9.17, 15) is 20.2 Å². The average Bonchev–Trinajstić information content (AvgIpc) is 2.87. The summed E-state index contributed by atoms with van der Waals surface area (Å²) in [5.74, 6) is 3.03. The van der Waals surface area contributed by atoms with Gasteiger partial charge < -0.3 is 20.1 Å². The Balaban J connectivity index is 1.01. The van der Waals surface area contributed by atoms with E-state index in [4.69, 9.17) is 4.74 Å². The molecule has 0 radical (unpaired) electrons. The minimum absolute atomic E-state index is 0.237. The second kappa shape index (κ2) is 8.07. The largest absolute Gasteiger partial charge is 0.395 e. The summed E-state index contributed by atoms with van der Waals surface area (Å²) in [6, 6.07) is -1.37. The van der Waals surface area contributed by atoms with Gasteiger partial charge in [-0.25, -0.2) is 0 Å².